The molecule has 1 fully saturated rings. The van der Waals surface area contributed by atoms with E-state index >= 15 is 0 Å². The number of halogens is 1. The highest BCUT2D eigenvalue weighted by atomic mass is 35.5. The van der Waals surface area contributed by atoms with Gasteiger partial charge in [-0.3, -0.25) is 4.79 Å². The predicted molar refractivity (Wildman–Crippen MR) is 105 cm³/mol. The monoisotopic (exact) mass is 397 g/mol. The molecule has 1 aliphatic heterocycles. The fourth-order valence-corrected chi connectivity index (χ4v) is 3.54. The molecule has 1 atom stereocenters. The van der Waals surface area contributed by atoms with Crippen LogP contribution in [0.2, 0.25) is 5.02 Å². The number of hydrogen-bond acceptors (Lipinski definition) is 5. The molecule has 3 aromatic rings. The van der Waals surface area contributed by atoms with Crippen LogP contribution < -0.4 is 4.74 Å². The summed E-state index contributed by atoms with van der Waals surface area (Å²) in [5.74, 6) is 1.71. The second-order valence-corrected chi connectivity index (χ2v) is 7.10. The van der Waals surface area contributed by atoms with Crippen LogP contribution in [0.25, 0.3) is 11.4 Å². The Morgan fingerprint density at radius 2 is 2.00 bits per heavy atom. The van der Waals surface area contributed by atoms with E-state index in [4.69, 9.17) is 20.9 Å². The molecule has 144 valence electrons. The summed E-state index contributed by atoms with van der Waals surface area (Å²) < 4.78 is 10.9. The number of nitrogens with zero attached hydrogens (tertiary/aromatic N) is 3. The molecule has 0 spiro atoms. The fourth-order valence-electron chi connectivity index (χ4n) is 3.32. The normalized spacial score (nSPS) is 16.6. The van der Waals surface area contributed by atoms with Crippen molar-refractivity contribution in [1.29, 1.82) is 0 Å². The highest BCUT2D eigenvalue weighted by Crippen LogP contribution is 2.31. The van der Waals surface area contributed by atoms with Crippen LogP contribution in [0.4, 0.5) is 0 Å². The fraction of sp³-hybridized carbons (Fsp3) is 0.286. The lowest BCUT2D eigenvalue weighted by Crippen LogP contribution is -2.24. The SMILES string of the molecule is CCOc1ccc(CN2CC(c3nc(-c4ccccc4Cl)no3)CC2=O)cc1. The number of carbonyl (C=O) groups excluding carboxylic acids is 1. The Kier molecular flexibility index (Phi) is 5.30. The lowest BCUT2D eigenvalue weighted by molar-refractivity contribution is -0.128. The molecule has 0 saturated carbocycles. The van der Waals surface area contributed by atoms with Gasteiger partial charge in [-0.25, -0.2) is 0 Å². The Hall–Kier alpha value is -2.86. The van der Waals surface area contributed by atoms with E-state index in [1.165, 1.54) is 0 Å². The summed E-state index contributed by atoms with van der Waals surface area (Å²) in [5, 5.41) is 4.60. The standard InChI is InChI=1S/C21H20ClN3O3/c1-2-27-16-9-7-14(8-10-16)12-25-13-15(11-19(25)26)21-23-20(24-28-21)17-5-3-4-6-18(17)22/h3-10,15H,2,11-13H2,1H3. The summed E-state index contributed by atoms with van der Waals surface area (Å²) in [6, 6.07) is 15.1. The lowest BCUT2D eigenvalue weighted by atomic mass is 10.1. The van der Waals surface area contributed by atoms with E-state index in [9.17, 15) is 4.79 Å². The van der Waals surface area contributed by atoms with Crippen molar-refractivity contribution in [3.8, 4) is 17.1 Å². The van der Waals surface area contributed by atoms with Gasteiger partial charge in [-0.2, -0.15) is 4.98 Å². The first-order valence-electron chi connectivity index (χ1n) is 9.22. The second-order valence-electron chi connectivity index (χ2n) is 6.69. The number of rotatable bonds is 6. The molecular weight excluding hydrogens is 378 g/mol. The zero-order valence-electron chi connectivity index (χ0n) is 15.5. The molecule has 1 saturated heterocycles. The first-order valence-corrected chi connectivity index (χ1v) is 9.60. The van der Waals surface area contributed by atoms with Crippen LogP contribution >= 0.6 is 11.6 Å². The Morgan fingerprint density at radius 1 is 1.21 bits per heavy atom. The van der Waals surface area contributed by atoms with Crippen molar-refractivity contribution in [1.82, 2.24) is 15.0 Å². The highest BCUT2D eigenvalue weighted by molar-refractivity contribution is 6.33. The van der Waals surface area contributed by atoms with Crippen LogP contribution in [-0.4, -0.2) is 34.1 Å². The minimum Gasteiger partial charge on any atom is -0.494 e. The summed E-state index contributed by atoms with van der Waals surface area (Å²) in [4.78, 5) is 18.7. The third-order valence-electron chi connectivity index (χ3n) is 4.73. The summed E-state index contributed by atoms with van der Waals surface area (Å²) in [6.45, 7) is 3.68. The Bertz CT molecular complexity index is 971. The number of hydrogen-bond donors (Lipinski definition) is 0. The van der Waals surface area contributed by atoms with Crippen molar-refractivity contribution >= 4 is 17.5 Å². The van der Waals surface area contributed by atoms with Crippen LogP contribution in [0.1, 0.15) is 30.7 Å². The van der Waals surface area contributed by atoms with Gasteiger partial charge in [0.1, 0.15) is 5.75 Å². The van der Waals surface area contributed by atoms with Crippen LogP contribution in [-0.2, 0) is 11.3 Å². The predicted octanol–water partition coefficient (Wildman–Crippen LogP) is 4.30. The Labute approximate surface area is 168 Å². The molecule has 2 heterocycles. The maximum absolute atomic E-state index is 12.5. The number of carbonyl (C=O) groups is 1. The first kappa shape index (κ1) is 18.5. The third kappa shape index (κ3) is 3.87. The van der Waals surface area contributed by atoms with Crippen LogP contribution in [0.15, 0.2) is 53.1 Å². The number of ether oxygens (including phenoxy) is 1. The van der Waals surface area contributed by atoms with Gasteiger partial charge in [0.15, 0.2) is 0 Å². The quantitative estimate of drug-likeness (QED) is 0.620. The van der Waals surface area contributed by atoms with Crippen LogP contribution in [0.5, 0.6) is 5.75 Å². The molecule has 1 aliphatic rings. The highest BCUT2D eigenvalue weighted by Gasteiger charge is 2.34. The van der Waals surface area contributed by atoms with Crippen molar-refractivity contribution in [3.05, 3.63) is 65.0 Å². The maximum Gasteiger partial charge on any atom is 0.232 e. The van der Waals surface area contributed by atoms with Gasteiger partial charge in [-0.15, -0.1) is 0 Å². The van der Waals surface area contributed by atoms with Gasteiger partial charge < -0.3 is 14.2 Å². The van der Waals surface area contributed by atoms with Gasteiger partial charge >= 0.3 is 0 Å². The van der Waals surface area contributed by atoms with Gasteiger partial charge in [0.25, 0.3) is 0 Å². The molecule has 4 rings (SSSR count). The van der Waals surface area contributed by atoms with Crippen molar-refractivity contribution in [2.75, 3.05) is 13.2 Å². The zero-order valence-corrected chi connectivity index (χ0v) is 16.2. The minimum absolute atomic E-state index is 0.0800. The Balaban J connectivity index is 1.44. The molecule has 0 N–H and O–H groups in total. The van der Waals surface area contributed by atoms with Crippen molar-refractivity contribution in [2.24, 2.45) is 0 Å². The van der Waals surface area contributed by atoms with Crippen LogP contribution in [0.3, 0.4) is 0 Å². The zero-order chi connectivity index (χ0) is 19.5. The van der Waals surface area contributed by atoms with E-state index in [0.29, 0.717) is 42.9 Å². The third-order valence-corrected chi connectivity index (χ3v) is 5.06. The number of benzene rings is 2. The molecular formula is C21H20ClN3O3. The largest absolute Gasteiger partial charge is 0.494 e. The van der Waals surface area contributed by atoms with E-state index < -0.39 is 0 Å². The molecule has 0 aliphatic carbocycles. The molecule has 2 aromatic carbocycles. The summed E-state index contributed by atoms with van der Waals surface area (Å²) in [7, 11) is 0. The van der Waals surface area contributed by atoms with Crippen molar-refractivity contribution in [3.63, 3.8) is 0 Å². The van der Waals surface area contributed by atoms with E-state index in [1.807, 2.05) is 54.3 Å². The summed E-state index contributed by atoms with van der Waals surface area (Å²) in [5.41, 5.74) is 1.77. The van der Waals surface area contributed by atoms with E-state index in [0.717, 1.165) is 16.9 Å². The van der Waals surface area contributed by atoms with Crippen molar-refractivity contribution < 1.29 is 14.1 Å². The molecule has 7 heteroatoms. The molecule has 6 nitrogen and oxygen atoms in total. The van der Waals surface area contributed by atoms with Crippen molar-refractivity contribution in [2.45, 2.75) is 25.8 Å². The van der Waals surface area contributed by atoms with Gasteiger partial charge in [-0.05, 0) is 36.8 Å². The molecule has 28 heavy (non-hydrogen) atoms. The van der Waals surface area contributed by atoms with E-state index in [1.54, 1.807) is 6.07 Å². The number of aromatic nitrogens is 2. The lowest BCUT2D eigenvalue weighted by Gasteiger charge is -2.16. The van der Waals surface area contributed by atoms with Gasteiger partial charge in [0.2, 0.25) is 17.6 Å². The smallest absolute Gasteiger partial charge is 0.232 e. The number of amides is 1. The Morgan fingerprint density at radius 3 is 2.75 bits per heavy atom. The molecule has 0 radical (unpaired) electrons. The van der Waals surface area contributed by atoms with E-state index in [-0.39, 0.29) is 11.8 Å². The van der Waals surface area contributed by atoms with Gasteiger partial charge in [-0.1, -0.05) is 41.0 Å². The van der Waals surface area contributed by atoms with Gasteiger partial charge in [0, 0.05) is 25.1 Å². The number of likely N-dealkylation sites (tertiary alicyclic amines) is 1. The summed E-state index contributed by atoms with van der Waals surface area (Å²) >= 11 is 6.20. The summed E-state index contributed by atoms with van der Waals surface area (Å²) in [6.07, 6.45) is 0.362. The molecule has 0 bridgehead atoms. The molecule has 1 aromatic heterocycles. The topological polar surface area (TPSA) is 68.5 Å². The molecule has 1 amide bonds. The van der Waals surface area contributed by atoms with Crippen LogP contribution in [0, 0.1) is 0 Å². The minimum atomic E-state index is -0.112. The second kappa shape index (κ2) is 8.02. The van der Waals surface area contributed by atoms with E-state index in [2.05, 4.69) is 10.1 Å². The first-order chi connectivity index (χ1) is 13.6. The van der Waals surface area contributed by atoms with Gasteiger partial charge in [0.05, 0.1) is 17.5 Å². The maximum atomic E-state index is 12.5. The average Bonchev–Trinajstić information content (AvgIpc) is 3.31. The average molecular weight is 398 g/mol. The molecule has 1 unspecified atom stereocenters.